The van der Waals surface area contributed by atoms with E-state index in [-0.39, 0.29) is 18.6 Å². The van der Waals surface area contributed by atoms with E-state index in [2.05, 4.69) is 5.32 Å². The summed E-state index contributed by atoms with van der Waals surface area (Å²) in [5.41, 5.74) is 0. The van der Waals surface area contributed by atoms with Gasteiger partial charge in [0.25, 0.3) is 5.91 Å². The minimum atomic E-state index is -0.248. The second kappa shape index (κ2) is 10.2. The lowest BCUT2D eigenvalue weighted by molar-refractivity contribution is -0.123. The first-order chi connectivity index (χ1) is 13.0. The van der Waals surface area contributed by atoms with Crippen LogP contribution in [0.1, 0.15) is 6.92 Å². The van der Waals surface area contributed by atoms with Gasteiger partial charge in [-0.25, -0.2) is 0 Å². The number of carbonyl (C=O) groups excluding carboxylic acids is 1. The lowest BCUT2D eigenvalue weighted by Crippen LogP contribution is -2.39. The highest BCUT2D eigenvalue weighted by Crippen LogP contribution is 2.27. The number of hydrogen-bond acceptors (Lipinski definition) is 6. The second-order valence-electron chi connectivity index (χ2n) is 5.79. The second-order valence-corrected chi connectivity index (χ2v) is 5.79. The molecule has 0 aliphatic heterocycles. The van der Waals surface area contributed by atoms with E-state index < -0.39 is 0 Å². The van der Waals surface area contributed by atoms with E-state index in [4.69, 9.17) is 23.7 Å². The van der Waals surface area contributed by atoms with Crippen molar-refractivity contribution in [3.63, 3.8) is 0 Å². The molecular weight excluding hydrogens is 350 g/mol. The number of amides is 1. The van der Waals surface area contributed by atoms with Gasteiger partial charge < -0.3 is 29.0 Å². The maximum Gasteiger partial charge on any atom is 0.258 e. The van der Waals surface area contributed by atoms with E-state index in [0.29, 0.717) is 29.6 Å². The zero-order valence-corrected chi connectivity index (χ0v) is 16.0. The Morgan fingerprint density at radius 3 is 1.89 bits per heavy atom. The van der Waals surface area contributed by atoms with Crippen molar-refractivity contribution in [1.82, 2.24) is 5.32 Å². The Labute approximate surface area is 159 Å². The van der Waals surface area contributed by atoms with Crippen molar-refractivity contribution in [2.45, 2.75) is 13.0 Å². The number of methoxy groups -OCH3 is 3. The molecule has 1 unspecified atom stereocenters. The van der Waals surface area contributed by atoms with E-state index in [1.165, 1.54) is 0 Å². The smallest absolute Gasteiger partial charge is 0.258 e. The Morgan fingerprint density at radius 2 is 1.33 bits per heavy atom. The van der Waals surface area contributed by atoms with Crippen LogP contribution >= 0.6 is 0 Å². The highest BCUT2D eigenvalue weighted by molar-refractivity contribution is 5.77. The van der Waals surface area contributed by atoms with Crippen molar-refractivity contribution in [3.05, 3.63) is 42.5 Å². The molecule has 0 aromatic heterocycles. The molecule has 7 nitrogen and oxygen atoms in total. The van der Waals surface area contributed by atoms with Crippen molar-refractivity contribution in [2.75, 3.05) is 34.5 Å². The molecule has 0 fully saturated rings. The molecule has 0 spiro atoms. The molecule has 146 valence electrons. The molecule has 1 atom stereocenters. The van der Waals surface area contributed by atoms with Crippen LogP contribution in [0.3, 0.4) is 0 Å². The zero-order chi connectivity index (χ0) is 19.6. The van der Waals surface area contributed by atoms with Crippen LogP contribution in [0.4, 0.5) is 0 Å². The summed E-state index contributed by atoms with van der Waals surface area (Å²) in [6, 6.07) is 12.2. The number of hydrogen-bond donors (Lipinski definition) is 1. The Balaban J connectivity index is 1.77. The van der Waals surface area contributed by atoms with Crippen LogP contribution in [0.25, 0.3) is 0 Å². The maximum absolute atomic E-state index is 12.1. The molecule has 2 aromatic rings. The summed E-state index contributed by atoms with van der Waals surface area (Å²) in [5, 5.41) is 2.82. The van der Waals surface area contributed by atoms with Gasteiger partial charge >= 0.3 is 0 Å². The van der Waals surface area contributed by atoms with Gasteiger partial charge in [-0.1, -0.05) is 0 Å². The first kappa shape index (κ1) is 20.2. The largest absolute Gasteiger partial charge is 0.497 e. The van der Waals surface area contributed by atoms with Crippen LogP contribution in [0.15, 0.2) is 42.5 Å². The third-order valence-electron chi connectivity index (χ3n) is 3.66. The van der Waals surface area contributed by atoms with E-state index >= 15 is 0 Å². The number of carbonyl (C=O) groups is 1. The summed E-state index contributed by atoms with van der Waals surface area (Å²) in [7, 11) is 4.71. The molecule has 7 heteroatoms. The highest BCUT2D eigenvalue weighted by atomic mass is 16.5. The zero-order valence-electron chi connectivity index (χ0n) is 16.0. The summed E-state index contributed by atoms with van der Waals surface area (Å²) >= 11 is 0. The third kappa shape index (κ3) is 6.62. The van der Waals surface area contributed by atoms with E-state index in [1.54, 1.807) is 39.5 Å². The molecule has 0 heterocycles. The van der Waals surface area contributed by atoms with Gasteiger partial charge in [0, 0.05) is 18.2 Å². The number of benzene rings is 2. The van der Waals surface area contributed by atoms with Crippen LogP contribution in [0.5, 0.6) is 28.7 Å². The first-order valence-corrected chi connectivity index (χ1v) is 8.46. The molecule has 27 heavy (non-hydrogen) atoms. The number of nitrogens with one attached hydrogen (secondary N) is 1. The molecule has 1 amide bonds. The van der Waals surface area contributed by atoms with Crippen LogP contribution in [0, 0.1) is 0 Å². The predicted molar refractivity (Wildman–Crippen MR) is 101 cm³/mol. The third-order valence-corrected chi connectivity index (χ3v) is 3.66. The maximum atomic E-state index is 12.1. The average Bonchev–Trinajstić information content (AvgIpc) is 2.70. The summed E-state index contributed by atoms with van der Waals surface area (Å²) in [6.45, 7) is 2.07. The van der Waals surface area contributed by atoms with Crippen molar-refractivity contribution in [1.29, 1.82) is 0 Å². The molecule has 0 aliphatic carbocycles. The molecule has 1 N–H and O–H groups in total. The SMILES string of the molecule is COc1ccc(OCC(C)NC(=O)COc2cc(OC)cc(OC)c2)cc1. The normalized spacial score (nSPS) is 11.3. The Hall–Kier alpha value is -3.09. The van der Waals surface area contributed by atoms with E-state index in [9.17, 15) is 4.79 Å². The number of rotatable bonds is 10. The van der Waals surface area contributed by atoms with Gasteiger partial charge in [-0.2, -0.15) is 0 Å². The van der Waals surface area contributed by atoms with Crippen LogP contribution in [-0.2, 0) is 4.79 Å². The van der Waals surface area contributed by atoms with Crippen molar-refractivity contribution >= 4 is 5.91 Å². The molecular formula is C20H25NO6. The molecule has 0 saturated heterocycles. The highest BCUT2D eigenvalue weighted by Gasteiger charge is 2.10. The predicted octanol–water partition coefficient (Wildman–Crippen LogP) is 2.67. The lowest BCUT2D eigenvalue weighted by atomic mass is 10.3. The standard InChI is InChI=1S/C20H25NO6/c1-14(12-26-16-7-5-15(23-2)6-8-16)21-20(22)13-27-19-10-17(24-3)9-18(11-19)25-4/h5-11,14H,12-13H2,1-4H3,(H,21,22). The fraction of sp³-hybridized carbons (Fsp3) is 0.350. The Morgan fingerprint density at radius 1 is 0.815 bits per heavy atom. The van der Waals surface area contributed by atoms with Gasteiger partial charge in [-0.3, -0.25) is 4.79 Å². The quantitative estimate of drug-likeness (QED) is 0.688. The van der Waals surface area contributed by atoms with E-state index in [0.717, 1.165) is 5.75 Å². The Bertz CT molecular complexity index is 710. The van der Waals surface area contributed by atoms with Crippen LogP contribution in [-0.4, -0.2) is 46.5 Å². The summed E-state index contributed by atoms with van der Waals surface area (Å²) in [4.78, 5) is 12.1. The summed E-state index contributed by atoms with van der Waals surface area (Å²) in [6.07, 6.45) is 0. The summed E-state index contributed by atoms with van der Waals surface area (Å²) in [5.74, 6) is 2.88. The first-order valence-electron chi connectivity index (χ1n) is 8.46. The van der Waals surface area contributed by atoms with Gasteiger partial charge in [0.1, 0.15) is 35.4 Å². The average molecular weight is 375 g/mol. The van der Waals surface area contributed by atoms with Gasteiger partial charge in [-0.05, 0) is 31.2 Å². The minimum absolute atomic E-state index is 0.122. The van der Waals surface area contributed by atoms with Crippen LogP contribution in [0.2, 0.25) is 0 Å². The van der Waals surface area contributed by atoms with Gasteiger partial charge in [0.05, 0.1) is 27.4 Å². The minimum Gasteiger partial charge on any atom is -0.497 e. The number of ether oxygens (including phenoxy) is 5. The van der Waals surface area contributed by atoms with Gasteiger partial charge in [-0.15, -0.1) is 0 Å². The lowest BCUT2D eigenvalue weighted by Gasteiger charge is -2.16. The fourth-order valence-corrected chi connectivity index (χ4v) is 2.26. The van der Waals surface area contributed by atoms with Gasteiger partial charge in [0.15, 0.2) is 6.61 Å². The molecule has 0 saturated carbocycles. The van der Waals surface area contributed by atoms with Crippen molar-refractivity contribution < 1.29 is 28.5 Å². The van der Waals surface area contributed by atoms with Gasteiger partial charge in [0.2, 0.25) is 0 Å². The van der Waals surface area contributed by atoms with Crippen molar-refractivity contribution in [2.24, 2.45) is 0 Å². The molecule has 2 aromatic carbocycles. The van der Waals surface area contributed by atoms with Crippen LogP contribution < -0.4 is 29.0 Å². The molecule has 0 aliphatic rings. The monoisotopic (exact) mass is 375 g/mol. The Kier molecular flexibility index (Phi) is 7.61. The topological polar surface area (TPSA) is 75.3 Å². The molecule has 0 bridgehead atoms. The summed E-state index contributed by atoms with van der Waals surface area (Å²) < 4.78 is 26.6. The molecule has 0 radical (unpaired) electrons. The molecule has 2 rings (SSSR count). The fourth-order valence-electron chi connectivity index (χ4n) is 2.26. The van der Waals surface area contributed by atoms with E-state index in [1.807, 2.05) is 31.2 Å². The van der Waals surface area contributed by atoms with Crippen molar-refractivity contribution in [3.8, 4) is 28.7 Å².